The number of carbonyl (C=O) groups excluding carboxylic acids is 1. The molecular formula is C11H15NO4. The van der Waals surface area contributed by atoms with Gasteiger partial charge in [0.05, 0.1) is 19.8 Å². The van der Waals surface area contributed by atoms with Crippen LogP contribution in [0.5, 0.6) is 0 Å². The molecule has 0 heterocycles. The number of primary amides is 1. The summed E-state index contributed by atoms with van der Waals surface area (Å²) in [5, 5.41) is 8.86. The Balaban J connectivity index is 2.26. The molecule has 0 bridgehead atoms. The zero-order chi connectivity index (χ0) is 11.8. The van der Waals surface area contributed by atoms with Crippen molar-refractivity contribution in [2.75, 3.05) is 13.2 Å². The van der Waals surface area contributed by atoms with Crippen molar-refractivity contribution in [3.8, 4) is 0 Å². The maximum atomic E-state index is 10.4. The molecule has 5 heteroatoms. The second kappa shape index (κ2) is 6.81. The van der Waals surface area contributed by atoms with E-state index in [1.54, 1.807) is 0 Å². The largest absolute Gasteiger partial charge is 0.441 e. The van der Waals surface area contributed by atoms with E-state index in [0.717, 1.165) is 5.56 Å². The summed E-state index contributed by atoms with van der Waals surface area (Å²) < 4.78 is 9.88. The normalized spacial score (nSPS) is 12.1. The fourth-order valence-electron chi connectivity index (χ4n) is 1.17. The summed E-state index contributed by atoms with van der Waals surface area (Å²) in [4.78, 5) is 10.4. The lowest BCUT2D eigenvalue weighted by Crippen LogP contribution is -2.29. The molecule has 0 unspecified atom stereocenters. The molecule has 0 spiro atoms. The number of ether oxygens (including phenoxy) is 2. The first-order valence-electron chi connectivity index (χ1n) is 4.91. The van der Waals surface area contributed by atoms with Gasteiger partial charge in [0.25, 0.3) is 0 Å². The minimum atomic E-state index is -0.914. The van der Waals surface area contributed by atoms with Gasteiger partial charge in [-0.15, -0.1) is 0 Å². The number of aliphatic hydroxyl groups excluding tert-OH is 1. The zero-order valence-corrected chi connectivity index (χ0v) is 8.83. The van der Waals surface area contributed by atoms with Gasteiger partial charge in [-0.1, -0.05) is 30.3 Å². The molecule has 3 N–H and O–H groups in total. The van der Waals surface area contributed by atoms with Crippen molar-refractivity contribution in [3.05, 3.63) is 35.9 Å². The van der Waals surface area contributed by atoms with Crippen molar-refractivity contribution in [1.82, 2.24) is 0 Å². The molecule has 5 nitrogen and oxygen atoms in total. The molecule has 1 aromatic rings. The van der Waals surface area contributed by atoms with Crippen LogP contribution in [0.4, 0.5) is 4.79 Å². The Morgan fingerprint density at radius 2 is 2.06 bits per heavy atom. The summed E-state index contributed by atoms with van der Waals surface area (Å²) in [6.07, 6.45) is -1.62. The van der Waals surface area contributed by atoms with Crippen LogP contribution >= 0.6 is 0 Å². The van der Waals surface area contributed by atoms with Gasteiger partial charge < -0.3 is 20.3 Å². The molecule has 0 fully saturated rings. The lowest BCUT2D eigenvalue weighted by atomic mass is 10.2. The maximum absolute atomic E-state index is 10.4. The van der Waals surface area contributed by atoms with E-state index in [2.05, 4.69) is 4.74 Å². The third-order valence-electron chi connectivity index (χ3n) is 1.90. The molecule has 1 rings (SSSR count). The highest BCUT2D eigenvalue weighted by molar-refractivity contribution is 5.64. The van der Waals surface area contributed by atoms with Crippen LogP contribution in [-0.4, -0.2) is 30.5 Å². The number of nitrogens with two attached hydrogens (primary N) is 1. The van der Waals surface area contributed by atoms with Gasteiger partial charge in [0.2, 0.25) is 0 Å². The molecule has 1 amide bonds. The Morgan fingerprint density at radius 1 is 1.38 bits per heavy atom. The molecule has 0 saturated carbocycles. The van der Waals surface area contributed by atoms with Gasteiger partial charge in [-0.05, 0) is 5.56 Å². The summed E-state index contributed by atoms with van der Waals surface area (Å²) >= 11 is 0. The second-order valence-corrected chi connectivity index (χ2v) is 3.24. The van der Waals surface area contributed by atoms with Crippen LogP contribution in [0.15, 0.2) is 30.3 Å². The average molecular weight is 225 g/mol. The first-order valence-corrected chi connectivity index (χ1v) is 4.91. The van der Waals surface area contributed by atoms with Crippen LogP contribution in [0.25, 0.3) is 0 Å². The molecule has 0 aliphatic carbocycles. The van der Waals surface area contributed by atoms with E-state index in [4.69, 9.17) is 15.6 Å². The van der Waals surface area contributed by atoms with E-state index >= 15 is 0 Å². The highest BCUT2D eigenvalue weighted by Crippen LogP contribution is 2.02. The van der Waals surface area contributed by atoms with Gasteiger partial charge in [-0.2, -0.15) is 0 Å². The number of hydrogen-bond acceptors (Lipinski definition) is 4. The Morgan fingerprint density at radius 3 is 2.62 bits per heavy atom. The minimum Gasteiger partial charge on any atom is -0.441 e. The molecular weight excluding hydrogens is 210 g/mol. The quantitative estimate of drug-likeness (QED) is 0.745. The van der Waals surface area contributed by atoms with Gasteiger partial charge in [0, 0.05) is 0 Å². The van der Waals surface area contributed by atoms with Crippen LogP contribution in [0.2, 0.25) is 0 Å². The molecule has 16 heavy (non-hydrogen) atoms. The first kappa shape index (κ1) is 12.5. The molecule has 1 atom stereocenters. The fraction of sp³-hybridized carbons (Fsp3) is 0.364. The Hall–Kier alpha value is -1.59. The lowest BCUT2D eigenvalue weighted by Gasteiger charge is -2.13. The van der Waals surface area contributed by atoms with Crippen molar-refractivity contribution in [2.45, 2.75) is 12.7 Å². The van der Waals surface area contributed by atoms with E-state index in [1.165, 1.54) is 0 Å². The SMILES string of the molecule is NC(=O)O[C@H](CO)COCc1ccccc1. The van der Waals surface area contributed by atoms with Gasteiger partial charge in [0.1, 0.15) is 6.10 Å². The Kier molecular flexibility index (Phi) is 5.31. The van der Waals surface area contributed by atoms with Crippen molar-refractivity contribution >= 4 is 6.09 Å². The molecule has 1 aromatic carbocycles. The minimum absolute atomic E-state index is 0.119. The molecule has 0 saturated heterocycles. The van der Waals surface area contributed by atoms with Crippen molar-refractivity contribution < 1.29 is 19.4 Å². The van der Waals surface area contributed by atoms with E-state index in [9.17, 15) is 4.79 Å². The van der Waals surface area contributed by atoms with Gasteiger partial charge in [-0.3, -0.25) is 0 Å². The Labute approximate surface area is 93.8 Å². The second-order valence-electron chi connectivity index (χ2n) is 3.24. The molecule has 0 aliphatic rings. The summed E-state index contributed by atoms with van der Waals surface area (Å²) in [5.74, 6) is 0. The molecule has 0 aliphatic heterocycles. The lowest BCUT2D eigenvalue weighted by molar-refractivity contribution is -0.00910. The van der Waals surface area contributed by atoms with Gasteiger partial charge in [-0.25, -0.2) is 4.79 Å². The number of carbonyl (C=O) groups is 1. The number of rotatable bonds is 6. The molecule has 0 aromatic heterocycles. The van der Waals surface area contributed by atoms with E-state index in [-0.39, 0.29) is 13.2 Å². The van der Waals surface area contributed by atoms with Crippen LogP contribution < -0.4 is 5.73 Å². The number of amides is 1. The standard InChI is InChI=1S/C11H15NO4/c12-11(14)16-10(6-13)8-15-7-9-4-2-1-3-5-9/h1-5,10,13H,6-8H2,(H2,12,14)/t10-/m1/s1. The summed E-state index contributed by atoms with van der Waals surface area (Å²) in [5.41, 5.74) is 5.84. The van der Waals surface area contributed by atoms with Crippen LogP contribution in [0.1, 0.15) is 5.56 Å². The van der Waals surface area contributed by atoms with Crippen LogP contribution in [-0.2, 0) is 16.1 Å². The summed E-state index contributed by atoms with van der Waals surface area (Å²) in [6, 6.07) is 9.56. The Bertz CT molecular complexity index is 315. The average Bonchev–Trinajstić information content (AvgIpc) is 2.28. The van der Waals surface area contributed by atoms with E-state index < -0.39 is 12.2 Å². The summed E-state index contributed by atoms with van der Waals surface area (Å²) in [7, 11) is 0. The number of hydrogen-bond donors (Lipinski definition) is 2. The van der Waals surface area contributed by atoms with Gasteiger partial charge in [0.15, 0.2) is 0 Å². The fourth-order valence-corrected chi connectivity index (χ4v) is 1.17. The smallest absolute Gasteiger partial charge is 0.404 e. The topological polar surface area (TPSA) is 81.8 Å². The van der Waals surface area contributed by atoms with Crippen molar-refractivity contribution in [1.29, 1.82) is 0 Å². The summed E-state index contributed by atoms with van der Waals surface area (Å²) in [6.45, 7) is 0.214. The highest BCUT2D eigenvalue weighted by Gasteiger charge is 2.10. The first-order chi connectivity index (χ1) is 7.72. The maximum Gasteiger partial charge on any atom is 0.404 e. The molecule has 0 radical (unpaired) electrons. The van der Waals surface area contributed by atoms with E-state index in [0.29, 0.717) is 6.61 Å². The third kappa shape index (κ3) is 4.77. The molecule has 88 valence electrons. The number of aliphatic hydroxyl groups is 1. The number of benzene rings is 1. The third-order valence-corrected chi connectivity index (χ3v) is 1.90. The van der Waals surface area contributed by atoms with Crippen LogP contribution in [0.3, 0.4) is 0 Å². The van der Waals surface area contributed by atoms with E-state index in [1.807, 2.05) is 30.3 Å². The zero-order valence-electron chi connectivity index (χ0n) is 8.83. The van der Waals surface area contributed by atoms with Crippen molar-refractivity contribution in [2.24, 2.45) is 5.73 Å². The van der Waals surface area contributed by atoms with Gasteiger partial charge >= 0.3 is 6.09 Å². The van der Waals surface area contributed by atoms with Crippen LogP contribution in [0, 0.1) is 0 Å². The predicted molar refractivity (Wildman–Crippen MR) is 57.6 cm³/mol. The predicted octanol–water partition coefficient (Wildman–Crippen LogP) is 0.659. The van der Waals surface area contributed by atoms with Crippen molar-refractivity contribution in [3.63, 3.8) is 0 Å². The highest BCUT2D eigenvalue weighted by atomic mass is 16.6. The monoisotopic (exact) mass is 225 g/mol.